The fraction of sp³-hybridized carbons (Fsp3) is 0.478. The number of aromatic nitrogens is 4. The van der Waals surface area contributed by atoms with Crippen LogP contribution in [0.4, 0.5) is 5.82 Å². The monoisotopic (exact) mass is 502 g/mol. The second-order valence-electron chi connectivity index (χ2n) is 8.94. The summed E-state index contributed by atoms with van der Waals surface area (Å²) in [5.41, 5.74) is 6.72. The summed E-state index contributed by atoms with van der Waals surface area (Å²) >= 11 is 7.94. The van der Waals surface area contributed by atoms with Gasteiger partial charge in [-0.05, 0) is 31.9 Å². The van der Waals surface area contributed by atoms with Crippen molar-refractivity contribution in [2.24, 2.45) is 11.1 Å². The zero-order chi connectivity index (χ0) is 23.9. The molecular weight excluding hydrogens is 476 g/mol. The van der Waals surface area contributed by atoms with Crippen LogP contribution in [-0.2, 0) is 11.3 Å². The van der Waals surface area contributed by atoms with Crippen LogP contribution < -0.4 is 16.2 Å². The number of hydrogen-bond donors (Lipinski definition) is 2. The van der Waals surface area contributed by atoms with Crippen molar-refractivity contribution in [3.05, 3.63) is 46.2 Å². The Labute approximate surface area is 206 Å². The van der Waals surface area contributed by atoms with Gasteiger partial charge in [0.1, 0.15) is 10.8 Å². The van der Waals surface area contributed by atoms with Gasteiger partial charge in [-0.1, -0.05) is 23.4 Å². The number of halogens is 1. The summed E-state index contributed by atoms with van der Waals surface area (Å²) in [6.07, 6.45) is 6.99. The summed E-state index contributed by atoms with van der Waals surface area (Å²) in [5, 5.41) is 10.5. The van der Waals surface area contributed by atoms with E-state index in [0.29, 0.717) is 25.8 Å². The largest absolute Gasteiger partial charge is 0.395 e. The summed E-state index contributed by atoms with van der Waals surface area (Å²) in [7, 11) is 0. The molecule has 0 radical (unpaired) electrons. The number of benzene rings is 1. The third-order valence-electron chi connectivity index (χ3n) is 7.00. The number of ether oxygens (including phenoxy) is 1. The first-order chi connectivity index (χ1) is 16.4. The van der Waals surface area contributed by atoms with Crippen molar-refractivity contribution >= 4 is 40.1 Å². The van der Waals surface area contributed by atoms with Crippen molar-refractivity contribution in [3.8, 4) is 0 Å². The molecule has 34 heavy (non-hydrogen) atoms. The molecule has 0 unspecified atom stereocenters. The van der Waals surface area contributed by atoms with E-state index in [1.54, 1.807) is 18.5 Å². The highest BCUT2D eigenvalue weighted by Gasteiger charge is 2.47. The molecule has 1 spiro atoms. The molecule has 3 aromatic rings. The molecule has 3 N–H and O–H groups in total. The van der Waals surface area contributed by atoms with Crippen molar-refractivity contribution in [3.63, 3.8) is 0 Å². The lowest BCUT2D eigenvalue weighted by Crippen LogP contribution is -2.50. The van der Waals surface area contributed by atoms with E-state index in [1.807, 2.05) is 6.07 Å². The van der Waals surface area contributed by atoms with Gasteiger partial charge < -0.3 is 20.5 Å². The summed E-state index contributed by atoms with van der Waals surface area (Å²) in [6, 6.07) is 3.66. The van der Waals surface area contributed by atoms with E-state index in [-0.39, 0.29) is 36.3 Å². The molecule has 0 saturated carbocycles. The van der Waals surface area contributed by atoms with Crippen LogP contribution in [0.1, 0.15) is 19.8 Å². The molecule has 4 heterocycles. The minimum absolute atomic E-state index is 0.0660. The van der Waals surface area contributed by atoms with Gasteiger partial charge in [-0.25, -0.2) is 15.0 Å². The maximum absolute atomic E-state index is 12.8. The van der Waals surface area contributed by atoms with E-state index in [2.05, 4.69) is 26.8 Å². The predicted molar refractivity (Wildman–Crippen MR) is 132 cm³/mol. The number of aliphatic hydroxyl groups is 1. The average Bonchev–Trinajstić information content (AvgIpc) is 3.12. The Morgan fingerprint density at radius 3 is 2.71 bits per heavy atom. The topological polar surface area (TPSA) is 119 Å². The standard InChI is InChI=1S/C23H27ClN6O3S/c1-14-21(25)23(12-33-14)4-6-29(7-5-23)17-10-27-18(11-26-17)34-16-3-2-15-19(20(16)24)22(32)30(8-9-31)13-28-15/h2-3,10-11,13-14,21,31H,4-9,12,25H2,1H3/t14-,21+/m0/s1. The quantitative estimate of drug-likeness (QED) is 0.541. The Balaban J connectivity index is 1.31. The van der Waals surface area contributed by atoms with Crippen LogP contribution in [0.5, 0.6) is 0 Å². The van der Waals surface area contributed by atoms with Crippen molar-refractivity contribution in [2.75, 3.05) is 31.2 Å². The number of nitrogens with zero attached hydrogens (tertiary/aromatic N) is 5. The number of fused-ring (bicyclic) bond motifs is 1. The van der Waals surface area contributed by atoms with Gasteiger partial charge in [0.2, 0.25) is 0 Å². The first-order valence-electron chi connectivity index (χ1n) is 11.3. The number of rotatable bonds is 5. The Hall–Kier alpha value is -2.24. The van der Waals surface area contributed by atoms with Gasteiger partial charge in [0.25, 0.3) is 5.56 Å². The minimum atomic E-state index is -0.280. The molecule has 2 atom stereocenters. The van der Waals surface area contributed by atoms with Crippen LogP contribution >= 0.6 is 23.4 Å². The molecule has 5 rings (SSSR count). The van der Waals surface area contributed by atoms with Crippen LogP contribution in [0.15, 0.2) is 45.6 Å². The van der Waals surface area contributed by atoms with Crippen LogP contribution in [0, 0.1) is 5.41 Å². The fourth-order valence-corrected chi connectivity index (χ4v) is 5.94. The molecule has 2 saturated heterocycles. The normalized spacial score (nSPS) is 22.1. The van der Waals surface area contributed by atoms with Gasteiger partial charge in [0.15, 0.2) is 0 Å². The number of piperidine rings is 1. The second kappa shape index (κ2) is 9.43. The summed E-state index contributed by atoms with van der Waals surface area (Å²) in [5.74, 6) is 0.834. The van der Waals surface area contributed by atoms with Gasteiger partial charge in [-0.15, -0.1) is 0 Å². The second-order valence-corrected chi connectivity index (χ2v) is 10.4. The average molecular weight is 503 g/mol. The Morgan fingerprint density at radius 1 is 1.26 bits per heavy atom. The van der Waals surface area contributed by atoms with Crippen LogP contribution in [0.25, 0.3) is 10.9 Å². The third-order valence-corrected chi connectivity index (χ3v) is 8.48. The van der Waals surface area contributed by atoms with Crippen molar-refractivity contribution in [1.29, 1.82) is 0 Å². The highest BCUT2D eigenvalue weighted by molar-refractivity contribution is 7.99. The SMILES string of the molecule is C[C@@H]1OCC2(CCN(c3cnc(Sc4ccc5ncn(CCO)c(=O)c5c4Cl)cn3)CC2)[C@@H]1N. The maximum Gasteiger partial charge on any atom is 0.262 e. The smallest absolute Gasteiger partial charge is 0.262 e. The number of anilines is 1. The molecule has 2 aliphatic heterocycles. The Kier molecular flexibility index (Phi) is 6.51. The molecule has 1 aromatic carbocycles. The molecule has 0 bridgehead atoms. The van der Waals surface area contributed by atoms with Gasteiger partial charge >= 0.3 is 0 Å². The van der Waals surface area contributed by atoms with E-state index < -0.39 is 0 Å². The predicted octanol–water partition coefficient (Wildman–Crippen LogP) is 2.32. The zero-order valence-electron chi connectivity index (χ0n) is 18.9. The molecule has 2 aromatic heterocycles. The maximum atomic E-state index is 12.8. The molecule has 0 aliphatic carbocycles. The van der Waals surface area contributed by atoms with Crippen molar-refractivity contribution < 1.29 is 9.84 Å². The molecule has 11 heteroatoms. The van der Waals surface area contributed by atoms with Crippen molar-refractivity contribution in [1.82, 2.24) is 19.5 Å². The lowest BCUT2D eigenvalue weighted by molar-refractivity contribution is 0.0974. The molecule has 180 valence electrons. The van der Waals surface area contributed by atoms with E-state index in [1.165, 1.54) is 22.7 Å². The van der Waals surface area contributed by atoms with Crippen LogP contribution in [0.3, 0.4) is 0 Å². The van der Waals surface area contributed by atoms with E-state index in [0.717, 1.165) is 38.4 Å². The lowest BCUT2D eigenvalue weighted by atomic mass is 9.73. The first kappa shape index (κ1) is 23.5. The van der Waals surface area contributed by atoms with E-state index in [9.17, 15) is 9.90 Å². The van der Waals surface area contributed by atoms with Gasteiger partial charge in [-0.3, -0.25) is 9.36 Å². The molecule has 2 aliphatic rings. The van der Waals surface area contributed by atoms with Gasteiger partial charge in [-0.2, -0.15) is 0 Å². The summed E-state index contributed by atoms with van der Waals surface area (Å²) in [6.45, 7) is 4.54. The van der Waals surface area contributed by atoms with E-state index >= 15 is 0 Å². The molecule has 9 nitrogen and oxygen atoms in total. The van der Waals surface area contributed by atoms with Gasteiger partial charge in [0.05, 0.1) is 60.5 Å². The van der Waals surface area contributed by atoms with E-state index in [4.69, 9.17) is 22.1 Å². The molecule has 0 amide bonds. The Bertz CT molecular complexity index is 1250. The highest BCUT2D eigenvalue weighted by atomic mass is 35.5. The molecular formula is C23H27ClN6O3S. The fourth-order valence-electron chi connectivity index (χ4n) is 4.82. The summed E-state index contributed by atoms with van der Waals surface area (Å²) < 4.78 is 7.17. The molecule has 2 fully saturated rings. The highest BCUT2D eigenvalue weighted by Crippen LogP contribution is 2.42. The third kappa shape index (κ3) is 4.18. The zero-order valence-corrected chi connectivity index (χ0v) is 20.4. The van der Waals surface area contributed by atoms with Crippen LogP contribution in [0.2, 0.25) is 5.02 Å². The lowest BCUT2D eigenvalue weighted by Gasteiger charge is -2.41. The Morgan fingerprint density at radius 2 is 2.06 bits per heavy atom. The number of nitrogens with two attached hydrogens (primary N) is 1. The minimum Gasteiger partial charge on any atom is -0.395 e. The van der Waals surface area contributed by atoms with Crippen LogP contribution in [-0.4, -0.2) is 63.1 Å². The number of aliphatic hydroxyl groups excluding tert-OH is 1. The summed E-state index contributed by atoms with van der Waals surface area (Å²) in [4.78, 5) is 29.2. The number of hydrogen-bond acceptors (Lipinski definition) is 9. The first-order valence-corrected chi connectivity index (χ1v) is 12.5. The van der Waals surface area contributed by atoms with Gasteiger partial charge in [0, 0.05) is 29.4 Å². The van der Waals surface area contributed by atoms with Crippen molar-refractivity contribution in [2.45, 2.75) is 48.4 Å².